The monoisotopic (exact) mass is 467 g/mol. The zero-order valence-corrected chi connectivity index (χ0v) is 17.9. The Morgan fingerprint density at radius 2 is 1.90 bits per heavy atom. The molecule has 0 aliphatic carbocycles. The lowest BCUT2D eigenvalue weighted by atomic mass is 9.98. The maximum absolute atomic E-state index is 12.4. The van der Waals surface area contributed by atoms with E-state index in [4.69, 9.17) is 31.5 Å². The average Bonchev–Trinajstić information content (AvgIpc) is 3.12. The molecule has 12 nitrogen and oxygen atoms in total. The first kappa shape index (κ1) is 21.7. The molecule has 0 bridgehead atoms. The molecule has 3 aliphatic rings. The van der Waals surface area contributed by atoms with Crippen molar-refractivity contribution < 1.29 is 48.3 Å². The summed E-state index contributed by atoms with van der Waals surface area (Å²) in [6.45, 7) is 2.30. The first-order valence-corrected chi connectivity index (χ1v) is 11.6. The lowest BCUT2D eigenvalue weighted by Gasteiger charge is -2.39. The number of hydrogen-bond acceptors (Lipinski definition) is 11. The van der Waals surface area contributed by atoms with Gasteiger partial charge in [-0.3, -0.25) is 4.72 Å². The summed E-state index contributed by atoms with van der Waals surface area (Å²) >= 11 is 0. The Hall–Kier alpha value is -1.52. The second kappa shape index (κ2) is 7.27. The number of hydrogen-bond donors (Lipinski definition) is 1. The van der Waals surface area contributed by atoms with E-state index < -0.39 is 57.2 Å². The van der Waals surface area contributed by atoms with Crippen molar-refractivity contribution in [3.05, 3.63) is 24.3 Å². The van der Waals surface area contributed by atoms with Crippen molar-refractivity contribution in [2.75, 3.05) is 25.0 Å². The van der Waals surface area contributed by atoms with Crippen LogP contribution in [-0.2, 0) is 47.5 Å². The highest BCUT2D eigenvalue weighted by molar-refractivity contribution is 7.88. The molecule has 168 valence electrons. The molecule has 0 saturated carbocycles. The fraction of sp³-hybridized carbons (Fsp3) is 0.625. The predicted octanol–water partition coefficient (Wildman–Crippen LogP) is 0.275. The summed E-state index contributed by atoms with van der Waals surface area (Å²) in [5, 5.41) is 0. The second-order valence-corrected chi connectivity index (χ2v) is 9.86. The molecule has 3 saturated heterocycles. The van der Waals surface area contributed by atoms with E-state index in [0.717, 1.165) is 0 Å². The van der Waals surface area contributed by atoms with Gasteiger partial charge in [-0.05, 0) is 38.1 Å². The number of ether oxygens (including phenoxy) is 4. The molecule has 4 atom stereocenters. The second-order valence-electron chi connectivity index (χ2n) is 7.31. The van der Waals surface area contributed by atoms with Gasteiger partial charge in [0.05, 0.1) is 19.4 Å². The van der Waals surface area contributed by atoms with E-state index in [-0.39, 0.29) is 12.3 Å². The normalized spacial score (nSPS) is 34.2. The van der Waals surface area contributed by atoms with Gasteiger partial charge in [0.2, 0.25) is 5.79 Å². The summed E-state index contributed by atoms with van der Waals surface area (Å²) in [7, 11) is -7.01. The number of methoxy groups -OCH3 is 1. The minimum Gasteiger partial charge on any atom is -0.497 e. The minimum atomic E-state index is -4.28. The highest BCUT2D eigenvalue weighted by Crippen LogP contribution is 2.46. The maximum Gasteiger partial charge on any atom is 0.400 e. The van der Waals surface area contributed by atoms with Crippen LogP contribution in [0.5, 0.6) is 5.75 Å². The Morgan fingerprint density at radius 3 is 2.57 bits per heavy atom. The number of benzene rings is 1. The molecule has 3 fully saturated rings. The summed E-state index contributed by atoms with van der Waals surface area (Å²) in [6, 6.07) is 6.14. The van der Waals surface area contributed by atoms with Crippen molar-refractivity contribution in [3.8, 4) is 5.75 Å². The van der Waals surface area contributed by atoms with E-state index in [9.17, 15) is 16.8 Å². The van der Waals surface area contributed by atoms with E-state index in [2.05, 4.69) is 4.72 Å². The Balaban J connectivity index is 1.50. The third-order valence-electron chi connectivity index (χ3n) is 4.64. The Kier molecular flexibility index (Phi) is 5.26. The van der Waals surface area contributed by atoms with Gasteiger partial charge in [0.15, 0.2) is 5.79 Å². The van der Waals surface area contributed by atoms with Gasteiger partial charge in [-0.2, -0.15) is 16.8 Å². The quantitative estimate of drug-likeness (QED) is 0.615. The van der Waals surface area contributed by atoms with E-state index in [0.29, 0.717) is 5.75 Å². The van der Waals surface area contributed by atoms with Crippen LogP contribution in [-0.4, -0.2) is 67.0 Å². The molecule has 0 amide bonds. The SMILES string of the molecule is COc1ccc(NS(=O)(=O)OC[C@@]23OC[C@H]4OS(=O)(=O)O[C@H]4[C@@H]2OC(C)(C)O3)cc1. The Labute approximate surface area is 173 Å². The minimum absolute atomic E-state index is 0.227. The molecule has 1 aromatic rings. The van der Waals surface area contributed by atoms with Crippen LogP contribution in [0.4, 0.5) is 5.69 Å². The highest BCUT2D eigenvalue weighted by atomic mass is 32.3. The van der Waals surface area contributed by atoms with Crippen LogP contribution < -0.4 is 9.46 Å². The van der Waals surface area contributed by atoms with Crippen LogP contribution in [0.2, 0.25) is 0 Å². The molecule has 1 aromatic carbocycles. The first-order valence-electron chi connectivity index (χ1n) is 8.87. The molecule has 3 aliphatic heterocycles. The lowest BCUT2D eigenvalue weighted by molar-refractivity contribution is -0.290. The first-order chi connectivity index (χ1) is 13.9. The Morgan fingerprint density at radius 1 is 1.20 bits per heavy atom. The van der Waals surface area contributed by atoms with E-state index in [1.165, 1.54) is 19.2 Å². The lowest BCUT2D eigenvalue weighted by Crippen LogP contribution is -2.60. The summed E-state index contributed by atoms with van der Waals surface area (Å²) < 4.78 is 87.5. The maximum atomic E-state index is 12.4. The van der Waals surface area contributed by atoms with Gasteiger partial charge in [0.25, 0.3) is 0 Å². The van der Waals surface area contributed by atoms with Crippen LogP contribution >= 0.6 is 0 Å². The predicted molar refractivity (Wildman–Crippen MR) is 98.9 cm³/mol. The van der Waals surface area contributed by atoms with E-state index in [1.54, 1.807) is 26.0 Å². The zero-order valence-electron chi connectivity index (χ0n) is 16.3. The fourth-order valence-corrected chi connectivity index (χ4v) is 5.30. The molecule has 1 N–H and O–H groups in total. The van der Waals surface area contributed by atoms with Crippen LogP contribution in [0.3, 0.4) is 0 Å². The van der Waals surface area contributed by atoms with Crippen LogP contribution in [0.25, 0.3) is 0 Å². The number of anilines is 1. The molecule has 0 spiro atoms. The van der Waals surface area contributed by atoms with Crippen LogP contribution in [0.1, 0.15) is 13.8 Å². The van der Waals surface area contributed by atoms with Gasteiger partial charge >= 0.3 is 20.7 Å². The smallest absolute Gasteiger partial charge is 0.400 e. The molecule has 3 heterocycles. The van der Waals surface area contributed by atoms with Crippen molar-refractivity contribution >= 4 is 26.4 Å². The largest absolute Gasteiger partial charge is 0.497 e. The van der Waals surface area contributed by atoms with Gasteiger partial charge in [-0.15, -0.1) is 0 Å². The highest BCUT2D eigenvalue weighted by Gasteiger charge is 2.66. The number of fused-ring (bicyclic) bond motifs is 3. The number of nitrogens with one attached hydrogen (secondary N) is 1. The molecule has 0 aromatic heterocycles. The Bertz CT molecular complexity index is 1010. The molecular weight excluding hydrogens is 446 g/mol. The van der Waals surface area contributed by atoms with Gasteiger partial charge in [-0.1, -0.05) is 0 Å². The molecule has 0 unspecified atom stereocenters. The fourth-order valence-electron chi connectivity index (χ4n) is 3.49. The van der Waals surface area contributed by atoms with Crippen molar-refractivity contribution in [3.63, 3.8) is 0 Å². The summed E-state index contributed by atoms with van der Waals surface area (Å²) in [4.78, 5) is 0. The van der Waals surface area contributed by atoms with Crippen molar-refractivity contribution in [2.24, 2.45) is 0 Å². The number of rotatable bonds is 6. The molecule has 14 heteroatoms. The topological polar surface area (TPSA) is 145 Å². The van der Waals surface area contributed by atoms with Crippen LogP contribution in [0, 0.1) is 0 Å². The van der Waals surface area contributed by atoms with Gasteiger partial charge < -0.3 is 18.9 Å². The summed E-state index contributed by atoms with van der Waals surface area (Å²) in [5.74, 6) is -2.38. The molecule has 4 rings (SSSR count). The third kappa shape index (κ3) is 4.27. The third-order valence-corrected chi connectivity index (χ3v) is 6.49. The molecule has 0 radical (unpaired) electrons. The summed E-state index contributed by atoms with van der Waals surface area (Å²) in [6.07, 6.45) is -3.13. The zero-order chi connectivity index (χ0) is 21.8. The van der Waals surface area contributed by atoms with Gasteiger partial charge in [-0.25, -0.2) is 12.5 Å². The van der Waals surface area contributed by atoms with Crippen molar-refractivity contribution in [2.45, 2.75) is 43.7 Å². The standard InChI is InChI=1S/C16H21NO11S2/c1-15(2)25-14-13-12(26-30(20,21)27-13)8-23-16(14,28-15)9-24-29(18,19)17-10-4-6-11(22-3)7-5-10/h4-7,12-14,17H,8-9H2,1-3H3/t12-,13-,14+,16+/m1/s1. The van der Waals surface area contributed by atoms with Gasteiger partial charge in [0, 0.05) is 0 Å². The average molecular weight is 467 g/mol. The molecule has 30 heavy (non-hydrogen) atoms. The van der Waals surface area contributed by atoms with E-state index in [1.807, 2.05) is 0 Å². The van der Waals surface area contributed by atoms with Crippen molar-refractivity contribution in [1.82, 2.24) is 0 Å². The van der Waals surface area contributed by atoms with E-state index >= 15 is 0 Å². The van der Waals surface area contributed by atoms with Crippen LogP contribution in [0.15, 0.2) is 24.3 Å². The van der Waals surface area contributed by atoms with Crippen molar-refractivity contribution in [1.29, 1.82) is 0 Å². The summed E-state index contributed by atoms with van der Waals surface area (Å²) in [5.41, 5.74) is 0.247. The van der Waals surface area contributed by atoms with Gasteiger partial charge in [0.1, 0.15) is 30.7 Å². The molecular formula is C16H21NO11S2.